The molecule has 0 radical (unpaired) electrons. The minimum absolute atomic E-state index is 0.202. The van der Waals surface area contributed by atoms with Crippen molar-refractivity contribution >= 4 is 17.6 Å². The van der Waals surface area contributed by atoms with Crippen molar-refractivity contribution in [3.05, 3.63) is 46.9 Å². The topological polar surface area (TPSA) is 64.4 Å². The Hall–Kier alpha value is -2.63. The van der Waals surface area contributed by atoms with E-state index in [1.165, 1.54) is 0 Å². The average Bonchev–Trinajstić information content (AvgIpc) is 2.86. The molecule has 0 N–H and O–H groups in total. The van der Waals surface area contributed by atoms with Gasteiger partial charge in [0.15, 0.2) is 6.61 Å². The van der Waals surface area contributed by atoms with Crippen molar-refractivity contribution in [2.24, 2.45) is 0 Å². The number of anilines is 1. The van der Waals surface area contributed by atoms with E-state index in [0.717, 1.165) is 17.9 Å². The number of ether oxygens (including phenoxy) is 1. The van der Waals surface area contributed by atoms with Crippen molar-refractivity contribution in [3.63, 3.8) is 0 Å². The van der Waals surface area contributed by atoms with E-state index >= 15 is 0 Å². The Morgan fingerprint density at radius 2 is 1.96 bits per heavy atom. The van der Waals surface area contributed by atoms with E-state index in [1.54, 1.807) is 37.3 Å². The van der Waals surface area contributed by atoms with Crippen molar-refractivity contribution in [1.29, 1.82) is 0 Å². The first-order valence-corrected chi connectivity index (χ1v) is 7.86. The Labute approximate surface area is 142 Å². The van der Waals surface area contributed by atoms with Crippen LogP contribution in [-0.4, -0.2) is 42.0 Å². The molecule has 0 saturated carbocycles. The quantitative estimate of drug-likeness (QED) is 0.602. The largest absolute Gasteiger partial charge is 0.454 e. The first-order valence-electron chi connectivity index (χ1n) is 7.86. The van der Waals surface area contributed by atoms with Crippen LogP contribution in [0.15, 0.2) is 24.4 Å². The third-order valence-corrected chi connectivity index (χ3v) is 3.95. The molecule has 0 fully saturated rings. The maximum Gasteiger partial charge on any atom is 0.342 e. The zero-order valence-electron chi connectivity index (χ0n) is 14.8. The van der Waals surface area contributed by atoms with Gasteiger partial charge in [-0.25, -0.2) is 9.78 Å². The molecule has 2 heterocycles. The number of hydrogen-bond donors (Lipinski definition) is 0. The molecular formula is C18H23N3O3. The van der Waals surface area contributed by atoms with Crippen LogP contribution in [0.3, 0.4) is 0 Å². The van der Waals surface area contributed by atoms with Gasteiger partial charge in [0, 0.05) is 43.8 Å². The van der Waals surface area contributed by atoms with Crippen molar-refractivity contribution < 1.29 is 14.3 Å². The highest BCUT2D eigenvalue weighted by Crippen LogP contribution is 2.18. The lowest BCUT2D eigenvalue weighted by atomic mass is 10.1. The van der Waals surface area contributed by atoms with E-state index in [4.69, 9.17) is 4.74 Å². The van der Waals surface area contributed by atoms with Gasteiger partial charge in [-0.05, 0) is 39.0 Å². The third-order valence-electron chi connectivity index (χ3n) is 3.95. The van der Waals surface area contributed by atoms with E-state index in [0.29, 0.717) is 16.9 Å². The van der Waals surface area contributed by atoms with E-state index in [9.17, 15) is 9.59 Å². The molecule has 6 nitrogen and oxygen atoms in total. The van der Waals surface area contributed by atoms with Crippen LogP contribution in [0.4, 0.5) is 5.82 Å². The smallest absolute Gasteiger partial charge is 0.342 e. The highest BCUT2D eigenvalue weighted by atomic mass is 16.5. The lowest BCUT2D eigenvalue weighted by Crippen LogP contribution is -2.19. The van der Waals surface area contributed by atoms with Crippen LogP contribution in [0.2, 0.25) is 0 Å². The molecule has 0 spiro atoms. The summed E-state index contributed by atoms with van der Waals surface area (Å²) >= 11 is 0. The standard InChI is InChI=1S/C18H23N3O3/c1-6-21-12(2)10-15(13(21)3)16(22)11-24-18(23)14-8-7-9-19-17(14)20(4)5/h7-10H,6,11H2,1-5H3. The summed E-state index contributed by atoms with van der Waals surface area (Å²) < 4.78 is 7.26. The van der Waals surface area contributed by atoms with Crippen LogP contribution in [0.1, 0.15) is 39.0 Å². The summed E-state index contributed by atoms with van der Waals surface area (Å²) in [6.07, 6.45) is 1.61. The Bertz CT molecular complexity index is 763. The lowest BCUT2D eigenvalue weighted by Gasteiger charge is -2.14. The minimum atomic E-state index is -0.551. The van der Waals surface area contributed by atoms with Gasteiger partial charge >= 0.3 is 5.97 Å². The Morgan fingerprint density at radius 3 is 2.54 bits per heavy atom. The molecule has 0 unspecified atom stereocenters. The van der Waals surface area contributed by atoms with Gasteiger partial charge in [-0.3, -0.25) is 4.79 Å². The second-order valence-electron chi connectivity index (χ2n) is 5.80. The fraction of sp³-hybridized carbons (Fsp3) is 0.389. The molecule has 0 amide bonds. The fourth-order valence-corrected chi connectivity index (χ4v) is 2.77. The van der Waals surface area contributed by atoms with Gasteiger partial charge in [-0.2, -0.15) is 0 Å². The van der Waals surface area contributed by atoms with E-state index < -0.39 is 5.97 Å². The SMILES string of the molecule is CCn1c(C)cc(C(=O)COC(=O)c2cccnc2N(C)C)c1C. The molecule has 2 aromatic rings. The maximum absolute atomic E-state index is 12.4. The lowest BCUT2D eigenvalue weighted by molar-refractivity contribution is 0.0475. The van der Waals surface area contributed by atoms with Crippen molar-refractivity contribution in [3.8, 4) is 0 Å². The zero-order chi connectivity index (χ0) is 17.9. The van der Waals surface area contributed by atoms with Gasteiger partial charge in [0.1, 0.15) is 11.4 Å². The third kappa shape index (κ3) is 3.48. The number of carbonyl (C=O) groups is 2. The van der Waals surface area contributed by atoms with Crippen LogP contribution in [0.25, 0.3) is 0 Å². The highest BCUT2D eigenvalue weighted by Gasteiger charge is 2.19. The molecule has 2 rings (SSSR count). The van der Waals surface area contributed by atoms with Gasteiger partial charge in [0.25, 0.3) is 0 Å². The minimum Gasteiger partial charge on any atom is -0.454 e. The normalized spacial score (nSPS) is 10.5. The van der Waals surface area contributed by atoms with Crippen LogP contribution in [0, 0.1) is 13.8 Å². The zero-order valence-corrected chi connectivity index (χ0v) is 14.8. The predicted molar refractivity (Wildman–Crippen MR) is 92.8 cm³/mol. The predicted octanol–water partition coefficient (Wildman–Crippen LogP) is 2.63. The Kier molecular flexibility index (Phi) is 5.39. The van der Waals surface area contributed by atoms with Crippen LogP contribution >= 0.6 is 0 Å². The molecule has 24 heavy (non-hydrogen) atoms. The molecule has 0 aromatic carbocycles. The van der Waals surface area contributed by atoms with Crippen molar-refractivity contribution in [2.75, 3.05) is 25.6 Å². The first-order chi connectivity index (χ1) is 11.4. The second kappa shape index (κ2) is 7.29. The van der Waals surface area contributed by atoms with E-state index in [1.807, 2.05) is 26.8 Å². The molecule has 0 bridgehead atoms. The van der Waals surface area contributed by atoms with Crippen LogP contribution in [-0.2, 0) is 11.3 Å². The number of pyridine rings is 1. The van der Waals surface area contributed by atoms with E-state index in [2.05, 4.69) is 9.55 Å². The van der Waals surface area contributed by atoms with Crippen LogP contribution in [0.5, 0.6) is 0 Å². The molecule has 128 valence electrons. The summed E-state index contributed by atoms with van der Waals surface area (Å²) in [4.78, 5) is 30.5. The van der Waals surface area contributed by atoms with Gasteiger partial charge in [-0.15, -0.1) is 0 Å². The molecule has 2 aromatic heterocycles. The van der Waals surface area contributed by atoms with Gasteiger partial charge < -0.3 is 14.2 Å². The summed E-state index contributed by atoms with van der Waals surface area (Å²) in [7, 11) is 3.59. The second-order valence-corrected chi connectivity index (χ2v) is 5.80. The number of esters is 1. The van der Waals surface area contributed by atoms with E-state index in [-0.39, 0.29) is 12.4 Å². The molecule has 0 atom stereocenters. The van der Waals surface area contributed by atoms with Crippen LogP contribution < -0.4 is 4.90 Å². The number of aromatic nitrogens is 2. The fourth-order valence-electron chi connectivity index (χ4n) is 2.77. The molecular weight excluding hydrogens is 306 g/mol. The van der Waals surface area contributed by atoms with Crippen molar-refractivity contribution in [1.82, 2.24) is 9.55 Å². The number of nitrogens with zero attached hydrogens (tertiary/aromatic N) is 3. The Morgan fingerprint density at radius 1 is 1.25 bits per heavy atom. The first kappa shape index (κ1) is 17.7. The van der Waals surface area contributed by atoms with Crippen molar-refractivity contribution in [2.45, 2.75) is 27.3 Å². The van der Waals surface area contributed by atoms with Gasteiger partial charge in [0.2, 0.25) is 5.78 Å². The summed E-state index contributed by atoms with van der Waals surface area (Å²) in [6, 6.07) is 5.14. The number of rotatable bonds is 6. The molecule has 6 heteroatoms. The Balaban J connectivity index is 2.11. The highest BCUT2D eigenvalue weighted by molar-refractivity contribution is 6.01. The summed E-state index contributed by atoms with van der Waals surface area (Å²) in [5.41, 5.74) is 2.86. The number of hydrogen-bond acceptors (Lipinski definition) is 5. The van der Waals surface area contributed by atoms with Gasteiger partial charge in [-0.1, -0.05) is 0 Å². The molecule has 0 aliphatic rings. The summed E-state index contributed by atoms with van der Waals surface area (Å²) in [6.45, 7) is 6.40. The number of ketones is 1. The van der Waals surface area contributed by atoms with Gasteiger partial charge in [0.05, 0.1) is 0 Å². The average molecular weight is 329 g/mol. The monoisotopic (exact) mass is 329 g/mol. The molecule has 0 aliphatic carbocycles. The number of carbonyl (C=O) groups excluding carboxylic acids is 2. The molecule has 0 aliphatic heterocycles. The number of Topliss-reactive ketones (excluding diaryl/α,β-unsaturated/α-hetero) is 1. The number of aryl methyl sites for hydroxylation is 1. The summed E-state index contributed by atoms with van der Waals surface area (Å²) in [5, 5.41) is 0. The maximum atomic E-state index is 12.4. The summed E-state index contributed by atoms with van der Waals surface area (Å²) in [5.74, 6) is -0.241. The molecule has 0 saturated heterocycles.